The highest BCUT2D eigenvalue weighted by Gasteiger charge is 2.14. The van der Waals surface area contributed by atoms with E-state index in [-0.39, 0.29) is 11.7 Å². The molecule has 5 nitrogen and oxygen atoms in total. The first-order valence-corrected chi connectivity index (χ1v) is 11.9. The van der Waals surface area contributed by atoms with Gasteiger partial charge in [-0.05, 0) is 36.6 Å². The highest BCUT2D eigenvalue weighted by atomic mass is 32.2. The molecular weight excluding hydrogens is 412 g/mol. The lowest BCUT2D eigenvalue weighted by atomic mass is 10.1. The van der Waals surface area contributed by atoms with Crippen LogP contribution in [0.2, 0.25) is 0 Å². The number of aryl methyl sites for hydroxylation is 1. The zero-order chi connectivity index (χ0) is 21.3. The van der Waals surface area contributed by atoms with Gasteiger partial charge in [-0.25, -0.2) is 0 Å². The van der Waals surface area contributed by atoms with Gasteiger partial charge in [0, 0.05) is 18.0 Å². The Balaban J connectivity index is 1.58. The van der Waals surface area contributed by atoms with E-state index in [0.29, 0.717) is 6.54 Å². The quantitative estimate of drug-likeness (QED) is 0.346. The predicted octanol–water partition coefficient (Wildman–Crippen LogP) is 5.25. The first-order valence-electron chi connectivity index (χ1n) is 9.72. The summed E-state index contributed by atoms with van der Waals surface area (Å²) < 4.78 is 2.03. The predicted molar refractivity (Wildman–Crippen MR) is 127 cm³/mol. The molecule has 0 bridgehead atoms. The zero-order valence-corrected chi connectivity index (χ0v) is 18.9. The number of hydrogen-bond acceptors (Lipinski definition) is 5. The summed E-state index contributed by atoms with van der Waals surface area (Å²) in [5, 5.41) is 12.4. The van der Waals surface area contributed by atoms with Gasteiger partial charge >= 0.3 is 0 Å². The van der Waals surface area contributed by atoms with Crippen LogP contribution in [0.25, 0.3) is 0 Å². The molecule has 0 radical (unpaired) electrons. The highest BCUT2D eigenvalue weighted by Crippen LogP contribution is 2.23. The third-order valence-electron chi connectivity index (χ3n) is 4.66. The van der Waals surface area contributed by atoms with E-state index in [4.69, 9.17) is 0 Å². The monoisotopic (exact) mass is 438 g/mol. The van der Waals surface area contributed by atoms with Crippen LogP contribution < -0.4 is 5.32 Å². The van der Waals surface area contributed by atoms with Crippen molar-refractivity contribution in [2.45, 2.75) is 37.1 Å². The normalized spacial score (nSPS) is 10.7. The van der Waals surface area contributed by atoms with Crippen LogP contribution >= 0.6 is 23.5 Å². The number of carbonyl (C=O) groups is 1. The average molecular weight is 439 g/mol. The number of benzene rings is 2. The molecule has 0 saturated heterocycles. The van der Waals surface area contributed by atoms with Gasteiger partial charge in [0.05, 0.1) is 11.5 Å². The fourth-order valence-corrected chi connectivity index (χ4v) is 4.58. The Morgan fingerprint density at radius 3 is 2.67 bits per heavy atom. The van der Waals surface area contributed by atoms with Crippen molar-refractivity contribution < 1.29 is 4.79 Å². The maximum absolute atomic E-state index is 12.4. The number of anilines is 1. The van der Waals surface area contributed by atoms with E-state index >= 15 is 0 Å². The molecule has 30 heavy (non-hydrogen) atoms. The topological polar surface area (TPSA) is 59.8 Å². The molecule has 1 heterocycles. The number of amides is 1. The van der Waals surface area contributed by atoms with E-state index in [9.17, 15) is 4.79 Å². The Labute approximate surface area is 186 Å². The van der Waals surface area contributed by atoms with Crippen molar-refractivity contribution in [2.24, 2.45) is 0 Å². The number of thioether (sulfide) groups is 2. The van der Waals surface area contributed by atoms with Crippen LogP contribution in [0, 0.1) is 13.8 Å². The second kappa shape index (κ2) is 11.0. The molecule has 1 amide bonds. The van der Waals surface area contributed by atoms with Crippen LogP contribution in [0.3, 0.4) is 0 Å². The average Bonchev–Trinajstić information content (AvgIpc) is 3.13. The van der Waals surface area contributed by atoms with E-state index in [1.807, 2.05) is 60.9 Å². The van der Waals surface area contributed by atoms with E-state index in [0.717, 1.165) is 39.3 Å². The van der Waals surface area contributed by atoms with Crippen LogP contribution in [0.5, 0.6) is 0 Å². The summed E-state index contributed by atoms with van der Waals surface area (Å²) in [5.41, 5.74) is 4.38. The van der Waals surface area contributed by atoms with Crippen molar-refractivity contribution in [3.05, 3.63) is 83.7 Å². The smallest absolute Gasteiger partial charge is 0.234 e. The maximum atomic E-state index is 12.4. The van der Waals surface area contributed by atoms with Gasteiger partial charge in [0.15, 0.2) is 5.16 Å². The standard InChI is InChI=1S/C23H26N4OS2/c1-4-13-27-21(15-29-14-19-10-6-5-7-11-19)25-26-23(27)30-16-22(28)24-20-12-8-9-17(2)18(20)3/h4-12H,1,13-16H2,2-3H3,(H,24,28). The molecule has 0 spiro atoms. The highest BCUT2D eigenvalue weighted by molar-refractivity contribution is 7.99. The summed E-state index contributed by atoms with van der Waals surface area (Å²) in [5.74, 6) is 2.79. The first-order chi connectivity index (χ1) is 14.6. The number of allylic oxidation sites excluding steroid dienone is 1. The molecule has 3 rings (SSSR count). The van der Waals surface area contributed by atoms with Crippen LogP contribution in [0.1, 0.15) is 22.5 Å². The molecule has 0 fully saturated rings. The molecule has 1 N–H and O–H groups in total. The first kappa shape index (κ1) is 22.2. The van der Waals surface area contributed by atoms with Gasteiger partial charge in [-0.3, -0.25) is 4.79 Å². The van der Waals surface area contributed by atoms with Gasteiger partial charge in [0.25, 0.3) is 0 Å². The van der Waals surface area contributed by atoms with Crippen molar-refractivity contribution in [1.82, 2.24) is 14.8 Å². The summed E-state index contributed by atoms with van der Waals surface area (Å²) in [4.78, 5) is 12.4. The lowest BCUT2D eigenvalue weighted by Crippen LogP contribution is -2.15. The summed E-state index contributed by atoms with van der Waals surface area (Å²) in [6, 6.07) is 16.3. The van der Waals surface area contributed by atoms with Crippen LogP contribution in [0.15, 0.2) is 66.3 Å². The Morgan fingerprint density at radius 2 is 1.90 bits per heavy atom. The molecule has 0 aliphatic carbocycles. The maximum Gasteiger partial charge on any atom is 0.234 e. The third kappa shape index (κ3) is 6.00. The fourth-order valence-electron chi connectivity index (χ4n) is 2.88. The van der Waals surface area contributed by atoms with E-state index in [1.54, 1.807) is 11.8 Å². The molecule has 1 aromatic heterocycles. The minimum Gasteiger partial charge on any atom is -0.325 e. The zero-order valence-electron chi connectivity index (χ0n) is 17.3. The van der Waals surface area contributed by atoms with Crippen LogP contribution in [-0.4, -0.2) is 26.4 Å². The van der Waals surface area contributed by atoms with Gasteiger partial charge in [-0.1, -0.05) is 60.3 Å². The Bertz CT molecular complexity index is 1000. The summed E-state index contributed by atoms with van der Waals surface area (Å²) >= 11 is 3.19. The molecule has 0 unspecified atom stereocenters. The largest absolute Gasteiger partial charge is 0.325 e. The second-order valence-electron chi connectivity index (χ2n) is 6.86. The Hall–Kier alpha value is -2.51. The lowest BCUT2D eigenvalue weighted by molar-refractivity contribution is -0.113. The summed E-state index contributed by atoms with van der Waals surface area (Å²) in [7, 11) is 0. The number of hydrogen-bond donors (Lipinski definition) is 1. The lowest BCUT2D eigenvalue weighted by Gasteiger charge is -2.10. The molecule has 0 saturated carbocycles. The van der Waals surface area contributed by atoms with Crippen molar-refractivity contribution in [1.29, 1.82) is 0 Å². The van der Waals surface area contributed by atoms with Crippen molar-refractivity contribution in [3.63, 3.8) is 0 Å². The molecular formula is C23H26N4OS2. The fraction of sp³-hybridized carbons (Fsp3) is 0.261. The molecule has 3 aromatic rings. The van der Waals surface area contributed by atoms with E-state index in [2.05, 4.69) is 34.2 Å². The number of carbonyl (C=O) groups excluding carboxylic acids is 1. The molecule has 2 aromatic carbocycles. The molecule has 156 valence electrons. The molecule has 7 heteroatoms. The summed E-state index contributed by atoms with van der Waals surface area (Å²) in [6.45, 7) is 8.51. The van der Waals surface area contributed by atoms with Crippen LogP contribution in [-0.2, 0) is 22.8 Å². The number of aromatic nitrogens is 3. The van der Waals surface area contributed by atoms with Crippen molar-refractivity contribution in [3.8, 4) is 0 Å². The van der Waals surface area contributed by atoms with Crippen LogP contribution in [0.4, 0.5) is 5.69 Å². The van der Waals surface area contributed by atoms with Gasteiger partial charge in [-0.15, -0.1) is 28.5 Å². The van der Waals surface area contributed by atoms with Crippen molar-refractivity contribution in [2.75, 3.05) is 11.1 Å². The third-order valence-corrected chi connectivity index (χ3v) is 6.63. The minimum absolute atomic E-state index is 0.0538. The number of nitrogens with one attached hydrogen (secondary N) is 1. The number of nitrogens with zero attached hydrogens (tertiary/aromatic N) is 3. The number of rotatable bonds is 10. The molecule has 0 aliphatic rings. The SMILES string of the molecule is C=CCn1c(CSCc2ccccc2)nnc1SCC(=O)Nc1cccc(C)c1C. The van der Waals surface area contributed by atoms with Crippen molar-refractivity contribution >= 4 is 35.1 Å². The van der Waals surface area contributed by atoms with E-state index < -0.39 is 0 Å². The van der Waals surface area contributed by atoms with Gasteiger partial charge in [0.2, 0.25) is 5.91 Å². The molecule has 0 atom stereocenters. The summed E-state index contributed by atoms with van der Waals surface area (Å²) in [6.07, 6.45) is 1.83. The Morgan fingerprint density at radius 1 is 1.10 bits per heavy atom. The van der Waals surface area contributed by atoms with Gasteiger partial charge < -0.3 is 9.88 Å². The second-order valence-corrected chi connectivity index (χ2v) is 8.79. The van der Waals surface area contributed by atoms with E-state index in [1.165, 1.54) is 17.3 Å². The minimum atomic E-state index is -0.0538. The Kier molecular flexibility index (Phi) is 8.16. The van der Waals surface area contributed by atoms with Gasteiger partial charge in [0.1, 0.15) is 5.82 Å². The van der Waals surface area contributed by atoms with Gasteiger partial charge in [-0.2, -0.15) is 0 Å². The molecule has 0 aliphatic heterocycles.